The van der Waals surface area contributed by atoms with Crippen molar-refractivity contribution in [1.29, 1.82) is 0 Å². The maximum atomic E-state index is 13.2. The van der Waals surface area contributed by atoms with Crippen LogP contribution in [0.15, 0.2) is 89.6 Å². The summed E-state index contributed by atoms with van der Waals surface area (Å²) < 4.78 is 91.5. The molecule has 0 atom stereocenters. The predicted molar refractivity (Wildman–Crippen MR) is 151 cm³/mol. The van der Waals surface area contributed by atoms with Crippen LogP contribution in [-0.2, 0) is 26.3 Å². The fourth-order valence-electron chi connectivity index (χ4n) is 4.17. The van der Waals surface area contributed by atoms with Crippen LogP contribution in [0.2, 0.25) is 0 Å². The quantitative estimate of drug-likeness (QED) is 0.131. The number of rotatable bonds is 2. The maximum Gasteiger partial charge on any atom is 0.0160 e. The number of alkyl halides is 3. The number of hydrogen-bond acceptors (Lipinski definition) is 4. The van der Waals surface area contributed by atoms with Gasteiger partial charge in [-0.1, -0.05) is 12.1 Å². The van der Waals surface area contributed by atoms with Gasteiger partial charge in [0.1, 0.15) is 0 Å². The molecule has 4 nitrogen and oxygen atoms in total. The molecule has 4 heterocycles. The number of aryl methyl sites for hydroxylation is 2. The van der Waals surface area contributed by atoms with Crippen molar-refractivity contribution in [1.82, 2.24) is 15.0 Å². The molecule has 7 rings (SSSR count). The number of fused-ring (bicyclic) bond motifs is 5. The molecular weight excluding hydrogens is 771 g/mol. The number of hydrogen-bond donors (Lipinski definition) is 0. The summed E-state index contributed by atoms with van der Waals surface area (Å²) in [7, 11) is 0. The van der Waals surface area contributed by atoms with Gasteiger partial charge in [0, 0.05) is 26.3 Å². The maximum absolute atomic E-state index is 13.2. The minimum absolute atomic E-state index is 0. The summed E-state index contributed by atoms with van der Waals surface area (Å²) in [6, 6.07) is 27.4. The molecule has 0 aliphatic heterocycles. The molecule has 207 valence electrons. The van der Waals surface area contributed by atoms with E-state index in [2.05, 4.69) is 27.1 Å². The zero-order chi connectivity index (χ0) is 32.9. The zero-order valence-corrected chi connectivity index (χ0v) is 24.8. The van der Waals surface area contributed by atoms with Crippen molar-refractivity contribution in [2.24, 2.45) is 0 Å². The molecular formula is C32H20F3IrN3OSe-2. The van der Waals surface area contributed by atoms with Crippen molar-refractivity contribution in [3.63, 3.8) is 0 Å². The van der Waals surface area contributed by atoms with Crippen LogP contribution in [0.3, 0.4) is 0 Å². The summed E-state index contributed by atoms with van der Waals surface area (Å²) in [4.78, 5) is 12.2. The molecule has 0 aliphatic rings. The summed E-state index contributed by atoms with van der Waals surface area (Å²) in [6.07, 6.45) is -1.74. The Morgan fingerprint density at radius 2 is 1.68 bits per heavy atom. The first kappa shape index (κ1) is 22.0. The van der Waals surface area contributed by atoms with Gasteiger partial charge in [-0.05, 0) is 11.8 Å². The van der Waals surface area contributed by atoms with Crippen LogP contribution in [-0.4, -0.2) is 29.5 Å². The van der Waals surface area contributed by atoms with E-state index < -0.39 is 39.0 Å². The molecule has 4 aromatic heterocycles. The Kier molecular flexibility index (Phi) is 6.30. The fraction of sp³-hybridized carbons (Fsp3) is 0.0938. The number of aromatic nitrogens is 3. The molecule has 0 spiro atoms. The van der Waals surface area contributed by atoms with Crippen molar-refractivity contribution in [3.05, 3.63) is 113 Å². The SMILES string of the molecule is [2H]C([2H])([2H])c1cnc(-c2[c-]ccc3c2oc2c3ccc3[se]c(C(F)(F)F)nc32)cc1C([2H])([2H])[2H].[Ir].[c-]1ccccc1-c1ccccn1. The largest absolute Gasteiger partial charge is 0.305 e. The fourth-order valence-corrected chi connectivity index (χ4v) is 5.91. The average molecular weight is 797 g/mol. The third kappa shape index (κ3) is 5.77. The molecule has 9 heteroatoms. The van der Waals surface area contributed by atoms with Crippen LogP contribution >= 0.6 is 0 Å². The first-order valence-corrected chi connectivity index (χ1v) is 13.6. The third-order valence-electron chi connectivity index (χ3n) is 6.01. The van der Waals surface area contributed by atoms with E-state index in [1.807, 2.05) is 42.5 Å². The second kappa shape index (κ2) is 11.7. The minimum Gasteiger partial charge on any atom is -0.305 e. The Morgan fingerprint density at radius 1 is 0.854 bits per heavy atom. The van der Waals surface area contributed by atoms with Crippen molar-refractivity contribution < 1.29 is 45.9 Å². The molecule has 0 saturated heterocycles. The molecule has 7 aromatic rings. The van der Waals surface area contributed by atoms with E-state index in [1.54, 1.807) is 30.5 Å². The molecule has 0 unspecified atom stereocenters. The number of pyridine rings is 2. The van der Waals surface area contributed by atoms with Crippen LogP contribution in [0, 0.1) is 25.8 Å². The summed E-state index contributed by atoms with van der Waals surface area (Å²) in [5.41, 5.74) is 2.17. The molecule has 0 fully saturated rings. The van der Waals surface area contributed by atoms with Crippen molar-refractivity contribution >= 4 is 46.2 Å². The smallest absolute Gasteiger partial charge is 0.0160 e. The molecule has 0 amide bonds. The number of nitrogens with zero attached hydrogens (tertiary/aromatic N) is 3. The van der Waals surface area contributed by atoms with E-state index in [9.17, 15) is 13.2 Å². The monoisotopic (exact) mass is 798 g/mol. The molecule has 3 aromatic carbocycles. The van der Waals surface area contributed by atoms with Gasteiger partial charge in [-0.25, -0.2) is 0 Å². The standard InChI is InChI=1S/C21H12F3N2OSe.C11H8N.Ir/c1-10-8-15(25-9-11(10)2)14-5-3-4-12-13-6-7-16-17(19(13)27-18(12)14)26-20(28-16)21(22,23)24;1-2-6-10(7-3-1)11-8-4-5-9-12-11;/h3-4,6-9H,1-2H3;1-6,8-9H;/q2*-1;/i1D3,2D3;;. The molecule has 0 N–H and O–H groups in total. The first-order chi connectivity index (χ1) is 21.7. The number of benzene rings is 3. The van der Waals surface area contributed by atoms with Crippen LogP contribution in [0.1, 0.15) is 23.9 Å². The normalized spacial score (nSPS) is 14.1. The van der Waals surface area contributed by atoms with Gasteiger partial charge in [0.2, 0.25) is 0 Å². The van der Waals surface area contributed by atoms with E-state index in [0.29, 0.717) is 15.0 Å². The van der Waals surface area contributed by atoms with E-state index in [1.165, 1.54) is 6.07 Å². The Bertz CT molecular complexity index is 2150. The first-order valence-electron chi connectivity index (χ1n) is 14.8. The summed E-state index contributed by atoms with van der Waals surface area (Å²) in [5.74, 6) is 0. The van der Waals surface area contributed by atoms with Gasteiger partial charge in [-0.3, -0.25) is 0 Å². The number of halogens is 3. The third-order valence-corrected chi connectivity index (χ3v) is 8.25. The van der Waals surface area contributed by atoms with Crippen LogP contribution in [0.5, 0.6) is 0 Å². The Hall–Kier alpha value is -3.61. The Labute approximate surface area is 261 Å². The van der Waals surface area contributed by atoms with Gasteiger partial charge in [0.15, 0.2) is 0 Å². The van der Waals surface area contributed by atoms with E-state index in [4.69, 9.17) is 12.6 Å². The van der Waals surface area contributed by atoms with Crippen molar-refractivity contribution in [2.75, 3.05) is 0 Å². The van der Waals surface area contributed by atoms with Gasteiger partial charge in [-0.2, -0.15) is 0 Å². The predicted octanol–water partition coefficient (Wildman–Crippen LogP) is 8.24. The van der Waals surface area contributed by atoms with Crippen LogP contribution < -0.4 is 0 Å². The van der Waals surface area contributed by atoms with E-state index in [0.717, 1.165) is 17.5 Å². The van der Waals surface area contributed by atoms with E-state index in [-0.39, 0.29) is 59.2 Å². The second-order valence-corrected chi connectivity index (χ2v) is 10.8. The average Bonchev–Trinajstić information content (AvgIpc) is 3.63. The van der Waals surface area contributed by atoms with Gasteiger partial charge in [-0.15, -0.1) is 35.9 Å². The van der Waals surface area contributed by atoms with Gasteiger partial charge in [0.25, 0.3) is 0 Å². The summed E-state index contributed by atoms with van der Waals surface area (Å²) in [6.45, 7) is -5.39. The molecule has 0 bridgehead atoms. The summed E-state index contributed by atoms with van der Waals surface area (Å²) in [5, 5.41) is 1.11. The van der Waals surface area contributed by atoms with Gasteiger partial charge >= 0.3 is 171 Å². The Balaban J connectivity index is 0.000000280. The topological polar surface area (TPSA) is 51.8 Å². The second-order valence-electron chi connectivity index (χ2n) is 8.61. The number of furan rings is 1. The Morgan fingerprint density at radius 3 is 2.41 bits per heavy atom. The van der Waals surface area contributed by atoms with Crippen molar-refractivity contribution in [3.8, 4) is 22.5 Å². The summed E-state index contributed by atoms with van der Waals surface area (Å²) >= 11 is -1.00. The molecule has 41 heavy (non-hydrogen) atoms. The van der Waals surface area contributed by atoms with Crippen molar-refractivity contribution in [2.45, 2.75) is 19.9 Å². The van der Waals surface area contributed by atoms with Crippen LogP contribution in [0.4, 0.5) is 13.2 Å². The van der Waals surface area contributed by atoms with E-state index >= 15 is 0 Å². The zero-order valence-electron chi connectivity index (χ0n) is 26.7. The molecule has 0 aliphatic carbocycles. The minimum atomic E-state index is -4.53. The molecule has 1 radical (unpaired) electrons. The molecule has 0 saturated carbocycles. The van der Waals surface area contributed by atoms with Gasteiger partial charge in [0.05, 0.1) is 0 Å². The van der Waals surface area contributed by atoms with Crippen LogP contribution in [0.25, 0.3) is 54.2 Å². The van der Waals surface area contributed by atoms with Gasteiger partial charge < -0.3 is 4.98 Å².